The fourth-order valence-corrected chi connectivity index (χ4v) is 3.62. The first-order valence-corrected chi connectivity index (χ1v) is 12.7. The molecule has 4 amide bonds. The van der Waals surface area contributed by atoms with Crippen LogP contribution < -0.4 is 16.0 Å². The molecule has 3 rings (SSSR count). The van der Waals surface area contributed by atoms with Crippen LogP contribution in [0.15, 0.2) is 78.9 Å². The highest BCUT2D eigenvalue weighted by Crippen LogP contribution is 2.04. The highest BCUT2D eigenvalue weighted by molar-refractivity contribution is 5.94. The standard InChI is InChI=1S/C30H34N4O5/c1-22-8-12-25(13-9-22)28(36)31-16-18-34(19-17-32-29(37)26-14-10-23(2)11-15-26)27(35)20-33-30(38)39-21-24-6-4-3-5-7-24/h3-15H,16-21H2,1-2H3,(H,31,36)(H,32,37)(H,33,38). The lowest BCUT2D eigenvalue weighted by molar-refractivity contribution is -0.130. The Morgan fingerprint density at radius 1 is 0.667 bits per heavy atom. The molecule has 0 heterocycles. The quantitative estimate of drug-likeness (QED) is 0.333. The monoisotopic (exact) mass is 530 g/mol. The first-order valence-electron chi connectivity index (χ1n) is 12.7. The molecule has 0 radical (unpaired) electrons. The maximum absolute atomic E-state index is 12.9. The maximum Gasteiger partial charge on any atom is 0.407 e. The molecule has 3 aromatic rings. The van der Waals surface area contributed by atoms with Crippen molar-refractivity contribution in [3.8, 4) is 0 Å². The summed E-state index contributed by atoms with van der Waals surface area (Å²) in [6.45, 7) is 4.45. The number of hydrogen-bond acceptors (Lipinski definition) is 5. The molecule has 0 atom stereocenters. The van der Waals surface area contributed by atoms with Crippen LogP contribution in [-0.4, -0.2) is 61.4 Å². The molecule has 9 heteroatoms. The molecule has 39 heavy (non-hydrogen) atoms. The summed E-state index contributed by atoms with van der Waals surface area (Å²) in [4.78, 5) is 51.4. The van der Waals surface area contributed by atoms with Gasteiger partial charge in [-0.15, -0.1) is 0 Å². The Morgan fingerprint density at radius 3 is 1.64 bits per heavy atom. The summed E-state index contributed by atoms with van der Waals surface area (Å²) in [6.07, 6.45) is -0.715. The zero-order valence-electron chi connectivity index (χ0n) is 22.2. The smallest absolute Gasteiger partial charge is 0.407 e. The van der Waals surface area contributed by atoms with E-state index in [0.717, 1.165) is 16.7 Å². The van der Waals surface area contributed by atoms with Crippen LogP contribution in [0.1, 0.15) is 37.4 Å². The normalized spacial score (nSPS) is 10.3. The minimum atomic E-state index is -0.715. The highest BCUT2D eigenvalue weighted by atomic mass is 16.5. The van der Waals surface area contributed by atoms with Crippen LogP contribution in [0.2, 0.25) is 0 Å². The Kier molecular flexibility index (Phi) is 11.1. The van der Waals surface area contributed by atoms with Crippen LogP contribution >= 0.6 is 0 Å². The van der Waals surface area contributed by atoms with Gasteiger partial charge in [-0.2, -0.15) is 0 Å². The number of carbonyl (C=O) groups is 4. The molecule has 0 spiro atoms. The summed E-state index contributed by atoms with van der Waals surface area (Å²) in [5.74, 6) is -0.879. The number of ether oxygens (including phenoxy) is 1. The van der Waals surface area contributed by atoms with Crippen molar-refractivity contribution in [2.45, 2.75) is 20.5 Å². The number of aryl methyl sites for hydroxylation is 2. The summed E-state index contributed by atoms with van der Waals surface area (Å²) in [5, 5.41) is 8.08. The fourth-order valence-electron chi connectivity index (χ4n) is 3.62. The molecule has 0 unspecified atom stereocenters. The third kappa shape index (κ3) is 9.96. The van der Waals surface area contributed by atoms with E-state index < -0.39 is 6.09 Å². The van der Waals surface area contributed by atoms with Gasteiger partial charge in [0.1, 0.15) is 13.2 Å². The average molecular weight is 531 g/mol. The van der Waals surface area contributed by atoms with Crippen molar-refractivity contribution in [2.75, 3.05) is 32.7 Å². The lowest BCUT2D eigenvalue weighted by atomic mass is 10.1. The number of rotatable bonds is 12. The second-order valence-electron chi connectivity index (χ2n) is 9.04. The molecule has 0 aliphatic heterocycles. The summed E-state index contributed by atoms with van der Waals surface area (Å²) < 4.78 is 5.16. The average Bonchev–Trinajstić information content (AvgIpc) is 2.95. The van der Waals surface area contributed by atoms with Crippen LogP contribution in [-0.2, 0) is 16.1 Å². The molecular formula is C30H34N4O5. The maximum atomic E-state index is 12.9. The van der Waals surface area contributed by atoms with Crippen LogP contribution in [0.3, 0.4) is 0 Å². The van der Waals surface area contributed by atoms with E-state index in [1.54, 1.807) is 24.3 Å². The molecule has 9 nitrogen and oxygen atoms in total. The Balaban J connectivity index is 1.51. The van der Waals surface area contributed by atoms with E-state index in [2.05, 4.69) is 16.0 Å². The van der Waals surface area contributed by atoms with Gasteiger partial charge in [0.2, 0.25) is 5.91 Å². The molecule has 0 aliphatic carbocycles. The largest absolute Gasteiger partial charge is 0.445 e. The first kappa shape index (κ1) is 28.9. The zero-order chi connectivity index (χ0) is 28.0. The highest BCUT2D eigenvalue weighted by Gasteiger charge is 2.16. The molecule has 0 aliphatic rings. The van der Waals surface area contributed by atoms with Crippen molar-refractivity contribution < 1.29 is 23.9 Å². The van der Waals surface area contributed by atoms with Gasteiger partial charge in [0.15, 0.2) is 0 Å². The number of nitrogens with one attached hydrogen (secondary N) is 3. The summed E-state index contributed by atoms with van der Waals surface area (Å²) in [5.41, 5.74) is 3.96. The number of hydrogen-bond donors (Lipinski definition) is 3. The van der Waals surface area contributed by atoms with E-state index in [1.165, 1.54) is 4.90 Å². The lowest BCUT2D eigenvalue weighted by Gasteiger charge is -2.23. The minimum absolute atomic E-state index is 0.0840. The van der Waals surface area contributed by atoms with Gasteiger partial charge in [0.05, 0.1) is 0 Å². The van der Waals surface area contributed by atoms with Gasteiger partial charge in [-0.1, -0.05) is 65.7 Å². The summed E-state index contributed by atoms with van der Waals surface area (Å²) in [7, 11) is 0. The van der Waals surface area contributed by atoms with Crippen LogP contribution in [0.25, 0.3) is 0 Å². The number of nitrogens with zero attached hydrogens (tertiary/aromatic N) is 1. The predicted molar refractivity (Wildman–Crippen MR) is 148 cm³/mol. The van der Waals surface area contributed by atoms with Gasteiger partial charge in [-0.3, -0.25) is 14.4 Å². The molecule has 0 fully saturated rings. The number of amides is 4. The fraction of sp³-hybridized carbons (Fsp3) is 0.267. The van der Waals surface area contributed by atoms with E-state index in [4.69, 9.17) is 4.74 Å². The van der Waals surface area contributed by atoms with Crippen LogP contribution in [0.4, 0.5) is 4.79 Å². The van der Waals surface area contributed by atoms with Gasteiger partial charge >= 0.3 is 6.09 Å². The van der Waals surface area contributed by atoms with E-state index in [1.807, 2.05) is 68.4 Å². The second-order valence-corrected chi connectivity index (χ2v) is 9.04. The van der Waals surface area contributed by atoms with Crippen LogP contribution in [0, 0.1) is 13.8 Å². The van der Waals surface area contributed by atoms with E-state index in [9.17, 15) is 19.2 Å². The van der Waals surface area contributed by atoms with Crippen molar-refractivity contribution in [2.24, 2.45) is 0 Å². The zero-order valence-corrected chi connectivity index (χ0v) is 22.2. The predicted octanol–water partition coefficient (Wildman–Crippen LogP) is 3.22. The Morgan fingerprint density at radius 2 is 1.15 bits per heavy atom. The van der Waals surface area contributed by atoms with E-state index in [0.29, 0.717) is 11.1 Å². The van der Waals surface area contributed by atoms with Crippen molar-refractivity contribution >= 4 is 23.8 Å². The first-order chi connectivity index (χ1) is 18.8. The molecule has 3 aromatic carbocycles. The SMILES string of the molecule is Cc1ccc(C(=O)NCCN(CCNC(=O)c2ccc(C)cc2)C(=O)CNC(=O)OCc2ccccc2)cc1. The van der Waals surface area contributed by atoms with E-state index in [-0.39, 0.29) is 57.1 Å². The molecule has 0 saturated carbocycles. The van der Waals surface area contributed by atoms with Gasteiger partial charge in [-0.05, 0) is 43.7 Å². The van der Waals surface area contributed by atoms with Gasteiger partial charge in [-0.25, -0.2) is 4.79 Å². The molecule has 0 bridgehead atoms. The number of alkyl carbamates (subject to hydrolysis) is 1. The lowest BCUT2D eigenvalue weighted by Crippen LogP contribution is -2.46. The second kappa shape index (κ2) is 14.9. The van der Waals surface area contributed by atoms with Gasteiger partial charge < -0.3 is 25.6 Å². The molecule has 0 aromatic heterocycles. The number of benzene rings is 3. The summed E-state index contributed by atoms with van der Waals surface area (Å²) >= 11 is 0. The van der Waals surface area contributed by atoms with Crippen molar-refractivity contribution in [3.05, 3.63) is 107 Å². The molecule has 204 valence electrons. The van der Waals surface area contributed by atoms with E-state index >= 15 is 0 Å². The molecular weight excluding hydrogens is 496 g/mol. The van der Waals surface area contributed by atoms with Crippen molar-refractivity contribution in [1.82, 2.24) is 20.9 Å². The Bertz CT molecular complexity index is 1180. The Hall–Kier alpha value is -4.66. The molecule has 3 N–H and O–H groups in total. The van der Waals surface area contributed by atoms with Gasteiger partial charge in [0.25, 0.3) is 11.8 Å². The summed E-state index contributed by atoms with van der Waals surface area (Å²) in [6, 6.07) is 23.5. The number of carbonyl (C=O) groups excluding carboxylic acids is 4. The molecule has 0 saturated heterocycles. The van der Waals surface area contributed by atoms with Crippen molar-refractivity contribution in [1.29, 1.82) is 0 Å². The van der Waals surface area contributed by atoms with Gasteiger partial charge in [0, 0.05) is 37.3 Å². The van der Waals surface area contributed by atoms with Crippen molar-refractivity contribution in [3.63, 3.8) is 0 Å². The Labute approximate surface area is 228 Å². The minimum Gasteiger partial charge on any atom is -0.445 e. The van der Waals surface area contributed by atoms with Crippen LogP contribution in [0.5, 0.6) is 0 Å². The third-order valence-corrected chi connectivity index (χ3v) is 5.91. The topological polar surface area (TPSA) is 117 Å². The third-order valence-electron chi connectivity index (χ3n) is 5.91.